The summed E-state index contributed by atoms with van der Waals surface area (Å²) in [5.74, 6) is 0.0454. The third-order valence-electron chi connectivity index (χ3n) is 2.56. The van der Waals surface area contributed by atoms with E-state index in [1.807, 2.05) is 22.8 Å². The highest BCUT2D eigenvalue weighted by Crippen LogP contribution is 2.25. The summed E-state index contributed by atoms with van der Waals surface area (Å²) in [6.45, 7) is 2.12. The molecule has 0 saturated carbocycles. The summed E-state index contributed by atoms with van der Waals surface area (Å²) in [7, 11) is 0. The predicted molar refractivity (Wildman–Crippen MR) is 66.7 cm³/mol. The van der Waals surface area contributed by atoms with Crippen LogP contribution in [0.4, 0.5) is 0 Å². The van der Waals surface area contributed by atoms with Gasteiger partial charge in [0.2, 0.25) is 0 Å². The number of fused-ring (bicyclic) bond motifs is 1. The SMILES string of the molecule is CC(=O)c1cn(CCO)c2cc(Br)ccc12. The molecule has 0 fully saturated rings. The largest absolute Gasteiger partial charge is 0.395 e. The van der Waals surface area contributed by atoms with Crippen LogP contribution in [0.15, 0.2) is 28.9 Å². The van der Waals surface area contributed by atoms with Crippen molar-refractivity contribution >= 4 is 32.6 Å². The van der Waals surface area contributed by atoms with Crippen molar-refractivity contribution in [2.24, 2.45) is 0 Å². The van der Waals surface area contributed by atoms with E-state index >= 15 is 0 Å². The van der Waals surface area contributed by atoms with Crippen molar-refractivity contribution in [2.45, 2.75) is 13.5 Å². The van der Waals surface area contributed by atoms with Gasteiger partial charge in [0.05, 0.1) is 6.61 Å². The van der Waals surface area contributed by atoms with Crippen molar-refractivity contribution in [3.8, 4) is 0 Å². The minimum atomic E-state index is 0.0454. The fraction of sp³-hybridized carbons (Fsp3) is 0.250. The second-order valence-corrected chi connectivity index (χ2v) is 4.59. The normalized spacial score (nSPS) is 10.9. The van der Waals surface area contributed by atoms with E-state index in [1.54, 1.807) is 13.1 Å². The lowest BCUT2D eigenvalue weighted by Crippen LogP contribution is -2.00. The van der Waals surface area contributed by atoms with Gasteiger partial charge in [-0.05, 0) is 19.1 Å². The first-order chi connectivity index (χ1) is 7.63. The minimum absolute atomic E-state index is 0.0454. The van der Waals surface area contributed by atoms with Crippen LogP contribution in [0.1, 0.15) is 17.3 Å². The third-order valence-corrected chi connectivity index (χ3v) is 3.06. The number of nitrogens with zero attached hydrogens (tertiary/aromatic N) is 1. The van der Waals surface area contributed by atoms with E-state index in [0.29, 0.717) is 12.1 Å². The van der Waals surface area contributed by atoms with Crippen molar-refractivity contribution in [1.29, 1.82) is 0 Å². The molecule has 4 heteroatoms. The first kappa shape index (κ1) is 11.4. The Kier molecular flexibility index (Phi) is 3.12. The van der Waals surface area contributed by atoms with Gasteiger partial charge >= 0.3 is 0 Å². The van der Waals surface area contributed by atoms with Crippen LogP contribution in [-0.4, -0.2) is 22.1 Å². The van der Waals surface area contributed by atoms with Crippen molar-refractivity contribution in [2.75, 3.05) is 6.61 Å². The van der Waals surface area contributed by atoms with Crippen LogP contribution in [0.5, 0.6) is 0 Å². The van der Waals surface area contributed by atoms with Gasteiger partial charge < -0.3 is 9.67 Å². The Labute approximate surface area is 102 Å². The molecule has 1 aromatic heterocycles. The Bertz CT molecular complexity index is 545. The zero-order valence-corrected chi connectivity index (χ0v) is 10.5. The van der Waals surface area contributed by atoms with Crippen molar-refractivity contribution < 1.29 is 9.90 Å². The fourth-order valence-electron chi connectivity index (χ4n) is 1.84. The standard InChI is InChI=1S/C12H12BrNO2/c1-8(16)11-7-14(4-5-15)12-6-9(13)2-3-10(11)12/h2-3,6-7,15H,4-5H2,1H3. The summed E-state index contributed by atoms with van der Waals surface area (Å²) < 4.78 is 2.86. The molecular weight excluding hydrogens is 270 g/mol. The topological polar surface area (TPSA) is 42.2 Å². The van der Waals surface area contributed by atoms with Gasteiger partial charge in [0.15, 0.2) is 5.78 Å². The zero-order valence-electron chi connectivity index (χ0n) is 8.90. The Hall–Kier alpha value is -1.13. The van der Waals surface area contributed by atoms with Gasteiger partial charge in [0.1, 0.15) is 0 Å². The average Bonchev–Trinajstić information content (AvgIpc) is 2.58. The van der Waals surface area contributed by atoms with Gasteiger partial charge in [0.25, 0.3) is 0 Å². The number of aliphatic hydroxyl groups excluding tert-OH is 1. The summed E-state index contributed by atoms with van der Waals surface area (Å²) in [5.41, 5.74) is 1.67. The number of rotatable bonds is 3. The smallest absolute Gasteiger partial charge is 0.161 e. The molecule has 0 aliphatic heterocycles. The molecule has 0 aliphatic rings. The van der Waals surface area contributed by atoms with Crippen LogP contribution in [0.2, 0.25) is 0 Å². The summed E-state index contributed by atoms with van der Waals surface area (Å²) in [6.07, 6.45) is 1.80. The molecule has 2 aromatic rings. The predicted octanol–water partition coefficient (Wildman–Crippen LogP) is 2.60. The molecule has 1 aromatic carbocycles. The number of carbonyl (C=O) groups excluding carboxylic acids is 1. The summed E-state index contributed by atoms with van der Waals surface area (Å²) in [5, 5.41) is 9.91. The van der Waals surface area contributed by atoms with Crippen LogP contribution >= 0.6 is 15.9 Å². The van der Waals surface area contributed by atoms with Gasteiger partial charge in [-0.1, -0.05) is 22.0 Å². The Morgan fingerprint density at radius 3 is 2.88 bits per heavy atom. The van der Waals surface area contributed by atoms with E-state index < -0.39 is 0 Å². The lowest BCUT2D eigenvalue weighted by atomic mass is 10.1. The number of hydrogen-bond donors (Lipinski definition) is 1. The molecule has 3 nitrogen and oxygen atoms in total. The molecule has 0 unspecified atom stereocenters. The Morgan fingerprint density at radius 2 is 2.25 bits per heavy atom. The molecule has 84 valence electrons. The number of halogens is 1. The molecule has 1 N–H and O–H groups in total. The molecule has 0 atom stereocenters. The van der Waals surface area contributed by atoms with Crippen LogP contribution in [-0.2, 0) is 6.54 Å². The molecule has 1 heterocycles. The van der Waals surface area contributed by atoms with E-state index in [9.17, 15) is 4.79 Å². The van der Waals surface area contributed by atoms with Crippen molar-refractivity contribution in [3.05, 3.63) is 34.4 Å². The highest BCUT2D eigenvalue weighted by molar-refractivity contribution is 9.10. The molecule has 0 amide bonds. The summed E-state index contributed by atoms with van der Waals surface area (Å²) in [4.78, 5) is 11.5. The van der Waals surface area contributed by atoms with Crippen LogP contribution in [0.25, 0.3) is 10.9 Å². The van der Waals surface area contributed by atoms with Gasteiger partial charge in [-0.15, -0.1) is 0 Å². The quantitative estimate of drug-likeness (QED) is 0.879. The summed E-state index contributed by atoms with van der Waals surface area (Å²) in [6, 6.07) is 5.79. The zero-order chi connectivity index (χ0) is 11.7. The van der Waals surface area contributed by atoms with Gasteiger partial charge in [-0.3, -0.25) is 4.79 Å². The molecule has 2 rings (SSSR count). The summed E-state index contributed by atoms with van der Waals surface area (Å²) >= 11 is 3.40. The van der Waals surface area contributed by atoms with Crippen LogP contribution in [0.3, 0.4) is 0 Å². The van der Waals surface area contributed by atoms with Crippen LogP contribution < -0.4 is 0 Å². The third kappa shape index (κ3) is 1.90. The molecule has 16 heavy (non-hydrogen) atoms. The van der Waals surface area contributed by atoms with Crippen molar-refractivity contribution in [3.63, 3.8) is 0 Å². The van der Waals surface area contributed by atoms with E-state index in [0.717, 1.165) is 15.4 Å². The second-order valence-electron chi connectivity index (χ2n) is 3.68. The molecule has 0 spiro atoms. The average molecular weight is 282 g/mol. The molecule has 0 aliphatic carbocycles. The van der Waals surface area contributed by atoms with E-state index in [1.165, 1.54) is 0 Å². The maximum Gasteiger partial charge on any atom is 0.161 e. The van der Waals surface area contributed by atoms with E-state index in [-0.39, 0.29) is 12.4 Å². The molecule has 0 bridgehead atoms. The highest BCUT2D eigenvalue weighted by atomic mass is 79.9. The maximum absolute atomic E-state index is 11.5. The van der Waals surface area contributed by atoms with Gasteiger partial charge in [-0.2, -0.15) is 0 Å². The Morgan fingerprint density at radius 1 is 1.50 bits per heavy atom. The number of aromatic nitrogens is 1. The number of carbonyl (C=O) groups is 1. The highest BCUT2D eigenvalue weighted by Gasteiger charge is 2.11. The molecular formula is C12H12BrNO2. The van der Waals surface area contributed by atoms with Crippen LogP contribution in [0, 0.1) is 0 Å². The minimum Gasteiger partial charge on any atom is -0.395 e. The first-order valence-corrected chi connectivity index (χ1v) is 5.83. The second kappa shape index (κ2) is 4.39. The monoisotopic (exact) mass is 281 g/mol. The van der Waals surface area contributed by atoms with Crippen molar-refractivity contribution in [1.82, 2.24) is 4.57 Å². The number of aliphatic hydroxyl groups is 1. The van der Waals surface area contributed by atoms with Gasteiger partial charge in [0, 0.05) is 33.7 Å². The number of hydrogen-bond acceptors (Lipinski definition) is 2. The molecule has 0 saturated heterocycles. The lowest BCUT2D eigenvalue weighted by molar-refractivity contribution is 0.101. The van der Waals surface area contributed by atoms with E-state index in [2.05, 4.69) is 15.9 Å². The number of Topliss-reactive ketones (excluding diaryl/α,β-unsaturated/α-hetero) is 1. The maximum atomic E-state index is 11.5. The lowest BCUT2D eigenvalue weighted by Gasteiger charge is -2.01. The van der Waals surface area contributed by atoms with E-state index in [4.69, 9.17) is 5.11 Å². The number of ketones is 1. The van der Waals surface area contributed by atoms with Gasteiger partial charge in [-0.25, -0.2) is 0 Å². The fourth-order valence-corrected chi connectivity index (χ4v) is 2.19. The first-order valence-electron chi connectivity index (χ1n) is 5.03. The Balaban J connectivity index is 2.71. The molecule has 0 radical (unpaired) electrons. The number of benzene rings is 1.